The van der Waals surface area contributed by atoms with E-state index >= 15 is 0 Å². The van der Waals surface area contributed by atoms with Gasteiger partial charge >= 0.3 is 5.97 Å². The number of benzene rings is 1. The first-order chi connectivity index (χ1) is 9.41. The Bertz CT molecular complexity index is 548. The number of aryl methyl sites for hydroxylation is 1. The number of hydrogen-bond acceptors (Lipinski definition) is 4. The van der Waals surface area contributed by atoms with Gasteiger partial charge in [0.2, 0.25) is 0 Å². The van der Waals surface area contributed by atoms with Crippen LogP contribution in [0.5, 0.6) is 0 Å². The quantitative estimate of drug-likeness (QED) is 0.833. The van der Waals surface area contributed by atoms with Gasteiger partial charge in [-0.2, -0.15) is 0 Å². The lowest BCUT2D eigenvalue weighted by atomic mass is 10.1. The molecule has 1 aliphatic heterocycles. The van der Waals surface area contributed by atoms with Crippen molar-refractivity contribution in [1.82, 2.24) is 0 Å². The second-order valence-corrected chi connectivity index (χ2v) is 4.50. The molecule has 0 aliphatic carbocycles. The highest BCUT2D eigenvalue weighted by Gasteiger charge is 2.39. The predicted molar refractivity (Wildman–Crippen MR) is 66.9 cm³/mol. The van der Waals surface area contributed by atoms with E-state index in [1.165, 1.54) is 23.1 Å². The van der Waals surface area contributed by atoms with Gasteiger partial charge in [-0.15, -0.1) is 0 Å². The van der Waals surface area contributed by atoms with E-state index in [0.29, 0.717) is 11.3 Å². The largest absolute Gasteiger partial charge is 0.479 e. The summed E-state index contributed by atoms with van der Waals surface area (Å²) >= 11 is 0. The third-order valence-electron chi connectivity index (χ3n) is 3.11. The van der Waals surface area contributed by atoms with E-state index in [0.717, 1.165) is 0 Å². The van der Waals surface area contributed by atoms with Crippen LogP contribution in [-0.4, -0.2) is 47.4 Å². The number of aliphatic hydroxyl groups is 1. The molecule has 1 heterocycles. The fraction of sp³-hybridized carbons (Fsp3) is 0.385. The van der Waals surface area contributed by atoms with Crippen molar-refractivity contribution in [1.29, 1.82) is 0 Å². The molecule has 1 aliphatic rings. The van der Waals surface area contributed by atoms with Crippen LogP contribution in [0.3, 0.4) is 0 Å². The molecular weight excluding hydrogens is 269 g/mol. The Kier molecular flexibility index (Phi) is 4.01. The third kappa shape index (κ3) is 2.63. The maximum Gasteiger partial charge on any atom is 0.335 e. The van der Waals surface area contributed by atoms with Gasteiger partial charge in [-0.25, -0.2) is 9.18 Å². The van der Waals surface area contributed by atoms with Gasteiger partial charge in [-0.05, 0) is 30.7 Å². The predicted octanol–water partition coefficient (Wildman–Crippen LogP) is 0.311. The molecule has 6 nitrogen and oxygen atoms in total. The minimum atomic E-state index is -1.92. The molecule has 0 aromatic heterocycles. The number of halogens is 1. The summed E-state index contributed by atoms with van der Waals surface area (Å²) in [5.41, 5.74) is 1.02. The number of nitrogens with zero attached hydrogens (tertiary/aromatic N) is 1. The van der Waals surface area contributed by atoms with Crippen LogP contribution in [0.1, 0.15) is 5.56 Å². The highest BCUT2D eigenvalue weighted by atomic mass is 19.1. The average Bonchev–Trinajstić information content (AvgIpc) is 2.39. The Morgan fingerprint density at radius 1 is 1.55 bits per heavy atom. The van der Waals surface area contributed by atoms with E-state index in [2.05, 4.69) is 0 Å². The summed E-state index contributed by atoms with van der Waals surface area (Å²) in [5.74, 6) is -2.60. The highest BCUT2D eigenvalue weighted by Crippen LogP contribution is 2.24. The number of ether oxygens (including phenoxy) is 1. The third-order valence-corrected chi connectivity index (χ3v) is 3.11. The average molecular weight is 283 g/mol. The Morgan fingerprint density at radius 3 is 2.85 bits per heavy atom. The lowest BCUT2D eigenvalue weighted by molar-refractivity contribution is -0.163. The molecule has 0 radical (unpaired) electrons. The molecule has 2 rings (SSSR count). The summed E-state index contributed by atoms with van der Waals surface area (Å²) in [6.07, 6.45) is -3.38. The second-order valence-electron chi connectivity index (χ2n) is 4.50. The fourth-order valence-electron chi connectivity index (χ4n) is 2.12. The summed E-state index contributed by atoms with van der Waals surface area (Å²) in [7, 11) is 0. The Hall–Kier alpha value is -1.99. The SMILES string of the molecule is Cc1cc(F)ccc1N1CCO[C@H]([C@@H](O)C(=O)O)C1=O. The van der Waals surface area contributed by atoms with Gasteiger partial charge in [-0.3, -0.25) is 4.79 Å². The first-order valence-corrected chi connectivity index (χ1v) is 6.02. The summed E-state index contributed by atoms with van der Waals surface area (Å²) in [6, 6.07) is 3.94. The molecule has 2 N–H and O–H groups in total. The number of amides is 1. The second kappa shape index (κ2) is 5.56. The van der Waals surface area contributed by atoms with Crippen LogP contribution in [0.4, 0.5) is 10.1 Å². The summed E-state index contributed by atoms with van der Waals surface area (Å²) in [5, 5.41) is 18.2. The summed E-state index contributed by atoms with van der Waals surface area (Å²) in [6.45, 7) is 1.95. The maximum atomic E-state index is 13.1. The molecule has 1 amide bonds. The molecule has 20 heavy (non-hydrogen) atoms. The zero-order chi connectivity index (χ0) is 14.9. The zero-order valence-electron chi connectivity index (χ0n) is 10.7. The highest BCUT2D eigenvalue weighted by molar-refractivity contribution is 6.00. The number of carbonyl (C=O) groups excluding carboxylic acids is 1. The molecule has 1 aromatic rings. The minimum absolute atomic E-state index is 0.0948. The lowest BCUT2D eigenvalue weighted by Gasteiger charge is -2.34. The first-order valence-electron chi connectivity index (χ1n) is 6.02. The standard InChI is InChI=1S/C13H14FNO5/c1-7-6-8(14)2-3-9(7)15-4-5-20-11(12(15)17)10(16)13(18)19/h2-3,6,10-11,16H,4-5H2,1H3,(H,18,19)/t10-,11-/m1/s1. The molecule has 108 valence electrons. The van der Waals surface area contributed by atoms with Gasteiger partial charge in [-0.1, -0.05) is 0 Å². The Balaban J connectivity index is 2.28. The van der Waals surface area contributed by atoms with Gasteiger partial charge in [0.1, 0.15) is 5.82 Å². The van der Waals surface area contributed by atoms with Gasteiger partial charge in [0.15, 0.2) is 12.2 Å². The monoisotopic (exact) mass is 283 g/mol. The number of hydrogen-bond donors (Lipinski definition) is 2. The van der Waals surface area contributed by atoms with E-state index in [1.807, 2.05) is 0 Å². The van der Waals surface area contributed by atoms with Crippen LogP contribution in [0.2, 0.25) is 0 Å². The number of carboxylic acid groups (broad SMARTS) is 1. The molecule has 1 aromatic carbocycles. The van der Waals surface area contributed by atoms with Crippen molar-refractivity contribution in [3.8, 4) is 0 Å². The van der Waals surface area contributed by atoms with Crippen molar-refractivity contribution >= 4 is 17.6 Å². The van der Waals surface area contributed by atoms with Crippen molar-refractivity contribution in [2.24, 2.45) is 0 Å². The molecule has 0 saturated carbocycles. The van der Waals surface area contributed by atoms with Crippen LogP contribution in [0.15, 0.2) is 18.2 Å². The number of aliphatic hydroxyl groups excluding tert-OH is 1. The Morgan fingerprint density at radius 2 is 2.25 bits per heavy atom. The molecular formula is C13H14FNO5. The normalized spacial score (nSPS) is 20.9. The summed E-state index contributed by atoms with van der Waals surface area (Å²) < 4.78 is 18.1. The lowest BCUT2D eigenvalue weighted by Crippen LogP contribution is -2.54. The zero-order valence-corrected chi connectivity index (χ0v) is 10.7. The van der Waals surface area contributed by atoms with E-state index < -0.39 is 29.9 Å². The van der Waals surface area contributed by atoms with E-state index in [1.54, 1.807) is 6.92 Å². The number of carboxylic acids is 1. The molecule has 1 saturated heterocycles. The van der Waals surface area contributed by atoms with Gasteiger partial charge in [0.25, 0.3) is 5.91 Å². The molecule has 2 atom stereocenters. The van der Waals surface area contributed by atoms with Gasteiger partial charge in [0.05, 0.1) is 6.61 Å². The van der Waals surface area contributed by atoms with Crippen molar-refractivity contribution in [2.75, 3.05) is 18.1 Å². The summed E-state index contributed by atoms with van der Waals surface area (Å²) in [4.78, 5) is 24.2. The molecule has 0 spiro atoms. The van der Waals surface area contributed by atoms with Crippen molar-refractivity contribution in [2.45, 2.75) is 19.1 Å². The first kappa shape index (κ1) is 14.4. The molecule has 0 unspecified atom stereocenters. The van der Waals surface area contributed by atoms with Gasteiger partial charge < -0.3 is 19.8 Å². The van der Waals surface area contributed by atoms with Crippen LogP contribution in [0, 0.1) is 12.7 Å². The van der Waals surface area contributed by atoms with E-state index in [9.17, 15) is 19.1 Å². The number of morpholine rings is 1. The Labute approximate surface area is 114 Å². The van der Waals surface area contributed by atoms with Crippen LogP contribution >= 0.6 is 0 Å². The molecule has 0 bridgehead atoms. The van der Waals surface area contributed by atoms with Crippen molar-refractivity contribution < 1.29 is 28.9 Å². The van der Waals surface area contributed by atoms with E-state index in [4.69, 9.17) is 9.84 Å². The van der Waals surface area contributed by atoms with E-state index in [-0.39, 0.29) is 13.2 Å². The van der Waals surface area contributed by atoms with Crippen molar-refractivity contribution in [3.63, 3.8) is 0 Å². The topological polar surface area (TPSA) is 87.1 Å². The number of aliphatic carboxylic acids is 1. The smallest absolute Gasteiger partial charge is 0.335 e. The number of rotatable bonds is 3. The number of anilines is 1. The van der Waals surface area contributed by atoms with Crippen molar-refractivity contribution in [3.05, 3.63) is 29.6 Å². The molecule has 7 heteroatoms. The van der Waals surface area contributed by atoms with Crippen LogP contribution < -0.4 is 4.90 Å². The number of carbonyl (C=O) groups is 2. The van der Waals surface area contributed by atoms with Gasteiger partial charge in [0, 0.05) is 12.2 Å². The fourth-order valence-corrected chi connectivity index (χ4v) is 2.12. The maximum absolute atomic E-state index is 13.1. The molecule has 1 fully saturated rings. The minimum Gasteiger partial charge on any atom is -0.479 e. The van der Waals surface area contributed by atoms with Crippen LogP contribution in [-0.2, 0) is 14.3 Å². The van der Waals surface area contributed by atoms with Crippen LogP contribution in [0.25, 0.3) is 0 Å².